The fourth-order valence-corrected chi connectivity index (χ4v) is 20.8. The van der Waals surface area contributed by atoms with E-state index in [4.69, 9.17) is 82.4 Å². The second-order valence-electron chi connectivity index (χ2n) is 40.9. The van der Waals surface area contributed by atoms with Crippen LogP contribution in [0.1, 0.15) is 218 Å². The zero-order valence-electron chi connectivity index (χ0n) is 87.1. The van der Waals surface area contributed by atoms with Gasteiger partial charge in [0.25, 0.3) is 20.2 Å². The summed E-state index contributed by atoms with van der Waals surface area (Å²) >= 11 is 0. The van der Waals surface area contributed by atoms with Crippen molar-refractivity contribution >= 4 is 72.5 Å². The number of nitrogens with zero attached hydrogens (tertiary/aromatic N) is 7. The predicted octanol–water partition coefficient (Wildman–Crippen LogP) is 21.6. The second kappa shape index (κ2) is 63.9. The molecule has 0 spiro atoms. The van der Waals surface area contributed by atoms with Crippen LogP contribution in [0.25, 0.3) is 0 Å². The molecular formula is C117H175ClN14O13S2. The van der Waals surface area contributed by atoms with Crippen LogP contribution in [0.4, 0.5) is 39.8 Å². The van der Waals surface area contributed by atoms with Gasteiger partial charge in [-0.05, 0) is 407 Å². The topological polar surface area (TPSA) is 378 Å². The molecule has 1 atom stereocenters. The number of rotatable bonds is 29. The average Bonchev–Trinajstić information content (AvgIpc) is 1.58. The van der Waals surface area contributed by atoms with Crippen LogP contribution in [0.15, 0.2) is 228 Å². The van der Waals surface area contributed by atoms with Gasteiger partial charge in [-0.15, -0.1) is 12.4 Å². The van der Waals surface area contributed by atoms with Crippen LogP contribution < -0.4 is 73.3 Å². The van der Waals surface area contributed by atoms with E-state index >= 15 is 0 Å². The van der Waals surface area contributed by atoms with Gasteiger partial charge in [0.2, 0.25) is 0 Å². The SMILES string of the molecule is C.C[C@H]1CCCN(CCCOc2ccc(N)cc2)C1.Cc1ccc(S(=O)(=O)O)cc1.Cc1ccc(S(=O)(=O)O)cc1.Cl.Nc1ccc(OC2CCN(C3CC3)CC2)cc1.Nc1ccc(OC2CCN(C3CCC3)CC2)cc1.Nc1ccc(OC2CCN(C3CCC3)CC2)cc1.Nc1ccc(OC2CCN(C3CCCC3)CC2)cc1.Nc1ccc(OCCCN2CCCC2)cc1.Nc1ccc(OCCCN2CCCCC2)cc1. The van der Waals surface area contributed by atoms with Gasteiger partial charge in [0.15, 0.2) is 0 Å². The molecule has 7 aliphatic heterocycles. The summed E-state index contributed by atoms with van der Waals surface area (Å²) in [5.41, 5.74) is 47.0. The number of hydrogen-bond donors (Lipinski definition) is 9. The molecule has 0 bridgehead atoms. The lowest BCUT2D eigenvalue weighted by molar-refractivity contribution is 0.0492. The maximum Gasteiger partial charge on any atom is 0.294 e. The Hall–Kier alpha value is -9.99. The highest BCUT2D eigenvalue weighted by Crippen LogP contribution is 2.35. The van der Waals surface area contributed by atoms with Crippen molar-refractivity contribution in [3.8, 4) is 40.2 Å². The number of piperidine rings is 6. The number of likely N-dealkylation sites (tertiary alicyclic amines) is 7. The molecule has 16 N–H and O–H groups in total. The maximum atomic E-state index is 10.5. The molecule has 0 aromatic heterocycles. The molecule has 4 aliphatic carbocycles. The Morgan fingerprint density at radius 2 is 0.490 bits per heavy atom. The summed E-state index contributed by atoms with van der Waals surface area (Å²) in [6.07, 6.45) is 40.6. The Balaban J connectivity index is 0.000000170. The molecule has 4 saturated carbocycles. The number of aryl methyl sites for hydroxylation is 2. The van der Waals surface area contributed by atoms with Crippen LogP contribution >= 0.6 is 12.4 Å². The van der Waals surface area contributed by atoms with E-state index in [0.717, 1.165) is 231 Å². The van der Waals surface area contributed by atoms with Crippen LogP contribution in [0.2, 0.25) is 0 Å². The number of ether oxygens (including phenoxy) is 7. The lowest BCUT2D eigenvalue weighted by atomic mass is 9.90. The first-order valence-corrected chi connectivity index (χ1v) is 56.8. The Bertz CT molecular complexity index is 5120. The summed E-state index contributed by atoms with van der Waals surface area (Å²) in [7, 11) is -8.04. The Labute approximate surface area is 886 Å². The Morgan fingerprint density at radius 3 is 0.721 bits per heavy atom. The van der Waals surface area contributed by atoms with Crippen molar-refractivity contribution in [1.82, 2.24) is 34.3 Å². The number of hydrogen-bond acceptors (Lipinski definition) is 25. The minimum atomic E-state index is -4.02. The third-order valence-electron chi connectivity index (χ3n) is 29.1. The summed E-state index contributed by atoms with van der Waals surface area (Å²) in [5.74, 6) is 7.40. The van der Waals surface area contributed by atoms with E-state index in [0.29, 0.717) is 24.4 Å². The standard InChI is InChI=1S/C16H24N2O.2C15H22N2O.C15H24N2O.C14H20N2O.C14H22N2O.C13H20N2O.2C7H8O3S.CH4.ClH/c17-13-5-7-15(8-6-13)19-16-9-11-18(12-10-16)14-3-1-2-4-14;2*16-12-4-6-14(7-5-12)18-15-8-10-17(11-9-15)13-2-1-3-13;1-13-4-2-9-17(12-13)10-3-11-18-15-7-5-14(16)6-8-15;15-11-1-5-13(6-2-11)17-14-7-9-16(10-8-14)12-3-4-12;15-13-5-7-14(8-6-13)17-12-4-11-16-9-2-1-3-10-16;14-12-4-6-13(7-5-12)16-11-3-10-15-8-1-2-9-15;2*1-6-2-4-7(5-3-6)11(8,9)10;;/h5-8,14,16H,1-4,9-12,17H2;2*4-7,13,15H,1-3,8-11,16H2;5-8,13H,2-4,9-12,16H2,1H3;1-2,5-6,12,14H,3-4,7-10,15H2;5-8H,1-4,9-12,15H2;4-7H,1-3,8-11,14H2;2*2-5H,1H3,(H,8,9,10);1H4;1H/t;;;13-;;;;;;;/m...0......./s1. The van der Waals surface area contributed by atoms with Gasteiger partial charge in [-0.25, -0.2) is 0 Å². The van der Waals surface area contributed by atoms with Gasteiger partial charge in [-0.3, -0.25) is 9.11 Å². The predicted molar refractivity (Wildman–Crippen MR) is 605 cm³/mol. The van der Waals surface area contributed by atoms with Crippen LogP contribution in [0.5, 0.6) is 40.2 Å². The lowest BCUT2D eigenvalue weighted by Crippen LogP contribution is -2.46. The molecule has 810 valence electrons. The van der Waals surface area contributed by atoms with Gasteiger partial charge in [0.05, 0.1) is 29.6 Å². The number of benzene rings is 9. The van der Waals surface area contributed by atoms with Gasteiger partial charge in [0.1, 0.15) is 64.7 Å². The van der Waals surface area contributed by atoms with Crippen LogP contribution in [-0.4, -0.2) is 240 Å². The average molecular weight is 2090 g/mol. The molecule has 30 heteroatoms. The molecule has 7 saturated heterocycles. The molecule has 9 aromatic rings. The van der Waals surface area contributed by atoms with Crippen molar-refractivity contribution < 1.29 is 59.1 Å². The van der Waals surface area contributed by atoms with Gasteiger partial charge >= 0.3 is 0 Å². The number of anilines is 7. The van der Waals surface area contributed by atoms with Crippen LogP contribution in [0, 0.1) is 19.8 Å². The minimum Gasteiger partial charge on any atom is -0.494 e. The molecule has 9 aromatic carbocycles. The normalized spacial score (nSPS) is 19.1. The zero-order valence-corrected chi connectivity index (χ0v) is 89.6. The highest BCUT2D eigenvalue weighted by Gasteiger charge is 2.35. The monoisotopic (exact) mass is 2080 g/mol. The minimum absolute atomic E-state index is 0. The molecule has 0 amide bonds. The summed E-state index contributed by atoms with van der Waals surface area (Å²) in [4.78, 5) is 18.0. The molecule has 27 nitrogen and oxygen atoms in total. The third kappa shape index (κ3) is 45.4. The van der Waals surface area contributed by atoms with E-state index in [1.165, 1.54) is 238 Å². The highest BCUT2D eigenvalue weighted by molar-refractivity contribution is 7.86. The molecule has 20 rings (SSSR count). The Morgan fingerprint density at radius 1 is 0.265 bits per heavy atom. The first-order valence-electron chi connectivity index (χ1n) is 53.9. The van der Waals surface area contributed by atoms with Crippen LogP contribution in [-0.2, 0) is 20.2 Å². The molecule has 11 aliphatic rings. The van der Waals surface area contributed by atoms with E-state index in [9.17, 15) is 16.8 Å². The number of nitrogens with two attached hydrogens (primary N) is 7. The quantitative estimate of drug-likeness (QED) is 0.0119. The van der Waals surface area contributed by atoms with Crippen molar-refractivity contribution in [2.45, 2.75) is 279 Å². The molecular weight excluding hydrogens is 1910 g/mol. The summed E-state index contributed by atoms with van der Waals surface area (Å²) in [6.45, 7) is 29.0. The summed E-state index contributed by atoms with van der Waals surface area (Å²) in [6, 6.07) is 69.2. The van der Waals surface area contributed by atoms with E-state index in [1.54, 1.807) is 24.3 Å². The highest BCUT2D eigenvalue weighted by atomic mass is 35.5. The smallest absolute Gasteiger partial charge is 0.294 e. The van der Waals surface area contributed by atoms with Crippen molar-refractivity contribution in [2.24, 2.45) is 5.92 Å². The zero-order chi connectivity index (χ0) is 102. The maximum absolute atomic E-state index is 10.5. The largest absolute Gasteiger partial charge is 0.494 e. The summed E-state index contributed by atoms with van der Waals surface area (Å²) < 4.78 is 100. The summed E-state index contributed by atoms with van der Waals surface area (Å²) in [5, 5.41) is 0. The molecule has 0 unspecified atom stereocenters. The van der Waals surface area contributed by atoms with E-state index < -0.39 is 20.2 Å². The van der Waals surface area contributed by atoms with E-state index in [1.807, 2.05) is 184 Å². The lowest BCUT2D eigenvalue weighted by Gasteiger charge is -2.41. The van der Waals surface area contributed by atoms with Crippen LogP contribution in [0.3, 0.4) is 0 Å². The number of nitrogen functional groups attached to an aromatic ring is 7. The molecule has 11 fully saturated rings. The first-order chi connectivity index (χ1) is 70.2. The van der Waals surface area contributed by atoms with E-state index in [2.05, 4.69) is 41.2 Å². The second-order valence-corrected chi connectivity index (χ2v) is 43.8. The van der Waals surface area contributed by atoms with Gasteiger partial charge < -0.3 is 108 Å². The molecule has 0 radical (unpaired) electrons. The van der Waals surface area contributed by atoms with E-state index in [-0.39, 0.29) is 29.6 Å². The van der Waals surface area contributed by atoms with Crippen molar-refractivity contribution in [3.63, 3.8) is 0 Å². The Kier molecular flexibility index (Phi) is 51.7. The molecule has 7 heterocycles. The molecule has 147 heavy (non-hydrogen) atoms. The van der Waals surface area contributed by atoms with Crippen molar-refractivity contribution in [2.75, 3.05) is 171 Å². The fraction of sp³-hybridized carbons (Fsp3) is 0.538. The van der Waals surface area contributed by atoms with Crippen molar-refractivity contribution in [3.05, 3.63) is 230 Å². The first kappa shape index (κ1) is 119. The van der Waals surface area contributed by atoms with Gasteiger partial charge in [-0.1, -0.05) is 81.8 Å². The number of halogens is 1. The van der Waals surface area contributed by atoms with Gasteiger partial charge in [0, 0.05) is 143 Å². The van der Waals surface area contributed by atoms with Gasteiger partial charge in [-0.2, -0.15) is 16.8 Å². The van der Waals surface area contributed by atoms with Crippen molar-refractivity contribution in [1.29, 1.82) is 0 Å². The third-order valence-corrected chi connectivity index (χ3v) is 30.8. The fourth-order valence-electron chi connectivity index (χ4n) is 19.8.